The molecule has 1 aliphatic rings. The Bertz CT molecular complexity index is 488. The van der Waals surface area contributed by atoms with Crippen molar-refractivity contribution in [3.8, 4) is 5.75 Å². The van der Waals surface area contributed by atoms with E-state index in [1.54, 1.807) is 18.2 Å². The van der Waals surface area contributed by atoms with Gasteiger partial charge in [-0.05, 0) is 37.8 Å². The summed E-state index contributed by atoms with van der Waals surface area (Å²) in [6.07, 6.45) is 3.31. The van der Waals surface area contributed by atoms with Crippen molar-refractivity contribution in [1.82, 2.24) is 5.32 Å². The number of carboxylic acid groups (broad SMARTS) is 1. The summed E-state index contributed by atoms with van der Waals surface area (Å²) in [7, 11) is 0. The van der Waals surface area contributed by atoms with E-state index >= 15 is 0 Å². The average Bonchev–Trinajstić information content (AvgIpc) is 2.47. The van der Waals surface area contributed by atoms with Gasteiger partial charge in [-0.2, -0.15) is 0 Å². The lowest BCUT2D eigenvalue weighted by Crippen LogP contribution is -2.37. The summed E-state index contributed by atoms with van der Waals surface area (Å²) >= 11 is 11.7. The maximum absolute atomic E-state index is 10.9. The Labute approximate surface area is 134 Å². The van der Waals surface area contributed by atoms with Crippen molar-refractivity contribution in [3.63, 3.8) is 0 Å². The average molecular weight is 332 g/mol. The van der Waals surface area contributed by atoms with Gasteiger partial charge < -0.3 is 15.2 Å². The Hall–Kier alpha value is -0.970. The maximum atomic E-state index is 10.9. The summed E-state index contributed by atoms with van der Waals surface area (Å²) in [6.45, 7) is 1.26. The van der Waals surface area contributed by atoms with Crippen LogP contribution < -0.4 is 10.1 Å². The van der Waals surface area contributed by atoms with Crippen LogP contribution in [0.5, 0.6) is 5.75 Å². The predicted molar refractivity (Wildman–Crippen MR) is 83.3 cm³/mol. The van der Waals surface area contributed by atoms with Gasteiger partial charge in [-0.15, -0.1) is 0 Å². The van der Waals surface area contributed by atoms with Gasteiger partial charge in [0.05, 0.1) is 16.0 Å². The van der Waals surface area contributed by atoms with Crippen molar-refractivity contribution in [2.45, 2.75) is 31.7 Å². The zero-order valence-corrected chi connectivity index (χ0v) is 13.2. The highest BCUT2D eigenvalue weighted by Gasteiger charge is 2.25. The Morgan fingerprint density at radius 1 is 1.24 bits per heavy atom. The van der Waals surface area contributed by atoms with Crippen molar-refractivity contribution in [3.05, 3.63) is 28.2 Å². The summed E-state index contributed by atoms with van der Waals surface area (Å²) < 4.78 is 5.59. The molecule has 0 amide bonds. The molecule has 0 saturated heterocycles. The summed E-state index contributed by atoms with van der Waals surface area (Å²) in [5.74, 6) is -0.146. The minimum atomic E-state index is -0.670. The maximum Gasteiger partial charge on any atom is 0.306 e. The minimum Gasteiger partial charge on any atom is -0.492 e. The van der Waals surface area contributed by atoms with E-state index in [9.17, 15) is 4.79 Å². The molecular weight excluding hydrogens is 313 g/mol. The molecule has 1 fully saturated rings. The van der Waals surface area contributed by atoms with Gasteiger partial charge in [0.1, 0.15) is 12.4 Å². The van der Waals surface area contributed by atoms with Crippen LogP contribution in [0.1, 0.15) is 25.7 Å². The van der Waals surface area contributed by atoms with E-state index in [0.717, 1.165) is 32.2 Å². The Balaban J connectivity index is 1.64. The smallest absolute Gasteiger partial charge is 0.306 e. The first kappa shape index (κ1) is 16.4. The van der Waals surface area contributed by atoms with Gasteiger partial charge >= 0.3 is 5.97 Å². The lowest BCUT2D eigenvalue weighted by Gasteiger charge is -2.26. The van der Waals surface area contributed by atoms with Crippen molar-refractivity contribution in [2.24, 2.45) is 5.92 Å². The number of carboxylic acids is 1. The first-order chi connectivity index (χ1) is 10.1. The SMILES string of the molecule is O=C(O)C1CCC(NCCOc2ccc(Cl)c(Cl)c2)CC1. The minimum absolute atomic E-state index is 0.171. The van der Waals surface area contributed by atoms with Gasteiger partial charge in [0.2, 0.25) is 0 Å². The highest BCUT2D eigenvalue weighted by Crippen LogP contribution is 2.26. The first-order valence-corrected chi connectivity index (χ1v) is 7.86. The lowest BCUT2D eigenvalue weighted by molar-refractivity contribution is -0.142. The van der Waals surface area contributed by atoms with E-state index in [2.05, 4.69) is 5.32 Å². The van der Waals surface area contributed by atoms with E-state index in [0.29, 0.717) is 28.4 Å². The summed E-state index contributed by atoms with van der Waals surface area (Å²) in [4.78, 5) is 10.9. The monoisotopic (exact) mass is 331 g/mol. The Morgan fingerprint density at radius 3 is 2.57 bits per heavy atom. The van der Waals surface area contributed by atoms with Crippen LogP contribution in [0.25, 0.3) is 0 Å². The fourth-order valence-electron chi connectivity index (χ4n) is 2.54. The number of hydrogen-bond donors (Lipinski definition) is 2. The number of benzene rings is 1. The van der Waals surface area contributed by atoms with Crippen LogP contribution in [-0.4, -0.2) is 30.3 Å². The number of halogens is 2. The molecular formula is C15H19Cl2NO3. The van der Waals surface area contributed by atoms with Gasteiger partial charge in [0, 0.05) is 18.7 Å². The van der Waals surface area contributed by atoms with E-state index in [-0.39, 0.29) is 5.92 Å². The zero-order valence-electron chi connectivity index (χ0n) is 11.6. The second kappa shape index (κ2) is 7.87. The van der Waals surface area contributed by atoms with Crippen LogP contribution in [0, 0.1) is 5.92 Å². The van der Waals surface area contributed by atoms with Crippen LogP contribution in [-0.2, 0) is 4.79 Å². The van der Waals surface area contributed by atoms with E-state index in [1.165, 1.54) is 0 Å². The largest absolute Gasteiger partial charge is 0.492 e. The molecule has 0 heterocycles. The number of aliphatic carboxylic acids is 1. The van der Waals surface area contributed by atoms with Crippen molar-refractivity contribution < 1.29 is 14.6 Å². The third-order valence-electron chi connectivity index (χ3n) is 3.77. The fraction of sp³-hybridized carbons (Fsp3) is 0.533. The third kappa shape index (κ3) is 5.06. The lowest BCUT2D eigenvalue weighted by atomic mass is 9.86. The number of nitrogens with one attached hydrogen (secondary N) is 1. The highest BCUT2D eigenvalue weighted by atomic mass is 35.5. The second-order valence-corrected chi connectivity index (χ2v) is 6.08. The molecule has 0 radical (unpaired) electrons. The normalized spacial score (nSPS) is 22.0. The molecule has 0 bridgehead atoms. The second-order valence-electron chi connectivity index (χ2n) is 5.27. The quantitative estimate of drug-likeness (QED) is 0.782. The van der Waals surface area contributed by atoms with Crippen LogP contribution in [0.15, 0.2) is 18.2 Å². The van der Waals surface area contributed by atoms with E-state index in [1.807, 2.05) is 0 Å². The summed E-state index contributed by atoms with van der Waals surface area (Å²) in [5.41, 5.74) is 0. The number of ether oxygens (including phenoxy) is 1. The van der Waals surface area contributed by atoms with Crippen LogP contribution in [0.2, 0.25) is 10.0 Å². The topological polar surface area (TPSA) is 58.6 Å². The number of rotatable bonds is 6. The number of hydrogen-bond acceptors (Lipinski definition) is 3. The van der Waals surface area contributed by atoms with Crippen LogP contribution in [0.3, 0.4) is 0 Å². The van der Waals surface area contributed by atoms with Gasteiger partial charge in [0.15, 0.2) is 0 Å². The third-order valence-corrected chi connectivity index (χ3v) is 4.51. The Morgan fingerprint density at radius 2 is 1.95 bits per heavy atom. The van der Waals surface area contributed by atoms with Gasteiger partial charge in [0.25, 0.3) is 0 Å². The molecule has 1 aliphatic carbocycles. The van der Waals surface area contributed by atoms with E-state index < -0.39 is 5.97 Å². The molecule has 1 aromatic rings. The number of carbonyl (C=O) groups is 1. The molecule has 4 nitrogen and oxygen atoms in total. The van der Waals surface area contributed by atoms with Crippen LogP contribution >= 0.6 is 23.2 Å². The molecule has 116 valence electrons. The molecule has 0 aliphatic heterocycles. The van der Waals surface area contributed by atoms with Gasteiger partial charge in [-0.3, -0.25) is 4.79 Å². The van der Waals surface area contributed by atoms with Crippen molar-refractivity contribution in [2.75, 3.05) is 13.2 Å². The molecule has 2 N–H and O–H groups in total. The molecule has 0 aromatic heterocycles. The molecule has 0 atom stereocenters. The highest BCUT2D eigenvalue weighted by molar-refractivity contribution is 6.42. The molecule has 2 rings (SSSR count). The van der Waals surface area contributed by atoms with Crippen molar-refractivity contribution >= 4 is 29.2 Å². The van der Waals surface area contributed by atoms with Gasteiger partial charge in [-0.1, -0.05) is 23.2 Å². The van der Waals surface area contributed by atoms with E-state index in [4.69, 9.17) is 33.0 Å². The molecule has 21 heavy (non-hydrogen) atoms. The summed E-state index contributed by atoms with van der Waals surface area (Å²) in [5, 5.41) is 13.3. The summed E-state index contributed by atoms with van der Waals surface area (Å²) in [6, 6.07) is 5.58. The Kier molecular flexibility index (Phi) is 6.15. The molecule has 1 aromatic carbocycles. The van der Waals surface area contributed by atoms with Crippen molar-refractivity contribution in [1.29, 1.82) is 0 Å². The molecule has 0 spiro atoms. The predicted octanol–water partition coefficient (Wildman–Crippen LogP) is 3.61. The standard InChI is InChI=1S/C15H19Cl2NO3/c16-13-6-5-12(9-14(13)17)21-8-7-18-11-3-1-10(2-4-11)15(19)20/h5-6,9-11,18H,1-4,7-8H2,(H,19,20). The molecule has 1 saturated carbocycles. The molecule has 0 unspecified atom stereocenters. The first-order valence-electron chi connectivity index (χ1n) is 7.10. The van der Waals surface area contributed by atoms with Gasteiger partial charge in [-0.25, -0.2) is 0 Å². The molecule has 6 heteroatoms. The zero-order chi connectivity index (χ0) is 15.2. The van der Waals surface area contributed by atoms with Crippen LogP contribution in [0.4, 0.5) is 0 Å². The fourth-order valence-corrected chi connectivity index (χ4v) is 2.83.